The molecule has 0 unspecified atom stereocenters. The number of carbonyl (C=O) groups is 1. The van der Waals surface area contributed by atoms with E-state index in [1.165, 1.54) is 12.2 Å². The van der Waals surface area contributed by atoms with Crippen LogP contribution in [0.4, 0.5) is 0 Å². The SMILES string of the molecule is N#Cc1ccc(C#C/C=C/C=O)cc1. The lowest BCUT2D eigenvalue weighted by atomic mass is 10.1. The molecule has 0 fully saturated rings. The normalized spacial score (nSPS) is 8.79. The van der Waals surface area contributed by atoms with Crippen LogP contribution >= 0.6 is 0 Å². The molecule has 2 heteroatoms. The zero-order valence-electron chi connectivity index (χ0n) is 7.40. The van der Waals surface area contributed by atoms with Gasteiger partial charge in [-0.2, -0.15) is 5.26 Å². The quantitative estimate of drug-likeness (QED) is 0.375. The maximum Gasteiger partial charge on any atom is 0.143 e. The Balaban J connectivity index is 2.77. The zero-order chi connectivity index (χ0) is 10.2. The Morgan fingerprint density at radius 3 is 2.36 bits per heavy atom. The van der Waals surface area contributed by atoms with Crippen molar-refractivity contribution in [1.29, 1.82) is 5.26 Å². The van der Waals surface area contributed by atoms with E-state index in [-0.39, 0.29) is 0 Å². The highest BCUT2D eigenvalue weighted by molar-refractivity contribution is 5.65. The number of carbonyl (C=O) groups excluding carboxylic acids is 1. The van der Waals surface area contributed by atoms with Gasteiger partial charge >= 0.3 is 0 Å². The zero-order valence-corrected chi connectivity index (χ0v) is 7.40. The fourth-order valence-corrected chi connectivity index (χ4v) is 0.840. The van der Waals surface area contributed by atoms with Crippen LogP contribution in [-0.4, -0.2) is 6.29 Å². The van der Waals surface area contributed by atoms with E-state index in [0.717, 1.165) is 5.56 Å². The summed E-state index contributed by atoms with van der Waals surface area (Å²) in [6, 6.07) is 8.95. The summed E-state index contributed by atoms with van der Waals surface area (Å²) in [5, 5.41) is 8.54. The molecule has 0 aromatic heterocycles. The Morgan fingerprint density at radius 1 is 1.14 bits per heavy atom. The predicted molar refractivity (Wildman–Crippen MR) is 53.2 cm³/mol. The van der Waals surface area contributed by atoms with E-state index in [4.69, 9.17) is 5.26 Å². The topological polar surface area (TPSA) is 40.9 Å². The lowest BCUT2D eigenvalue weighted by molar-refractivity contribution is -0.104. The van der Waals surface area contributed by atoms with Gasteiger partial charge in [0.15, 0.2) is 0 Å². The summed E-state index contributed by atoms with van der Waals surface area (Å²) in [4.78, 5) is 9.91. The third-order valence-electron chi connectivity index (χ3n) is 1.49. The van der Waals surface area contributed by atoms with Gasteiger partial charge in [-0.25, -0.2) is 0 Å². The van der Waals surface area contributed by atoms with Gasteiger partial charge < -0.3 is 0 Å². The van der Waals surface area contributed by atoms with Gasteiger partial charge in [0.1, 0.15) is 6.29 Å². The standard InChI is InChI=1S/C12H7NO/c13-10-12-7-5-11(6-8-12)4-2-1-3-9-14/h1,3,5-9H/b3-1+. The van der Waals surface area contributed by atoms with Gasteiger partial charge in [-0.05, 0) is 36.4 Å². The van der Waals surface area contributed by atoms with Gasteiger partial charge in [-0.1, -0.05) is 11.8 Å². The molecule has 0 atom stereocenters. The molecule has 0 heterocycles. The predicted octanol–water partition coefficient (Wildman–Crippen LogP) is 1.66. The van der Waals surface area contributed by atoms with Crippen molar-refractivity contribution in [2.75, 3.05) is 0 Å². The fourth-order valence-electron chi connectivity index (χ4n) is 0.840. The highest BCUT2D eigenvalue weighted by Crippen LogP contribution is 2.00. The minimum Gasteiger partial charge on any atom is -0.299 e. The Labute approximate surface area is 82.5 Å². The number of rotatable bonds is 1. The first-order chi connectivity index (χ1) is 6.86. The Bertz CT molecular complexity index is 438. The second-order valence-electron chi connectivity index (χ2n) is 2.45. The van der Waals surface area contributed by atoms with Crippen LogP contribution in [0.25, 0.3) is 0 Å². The summed E-state index contributed by atoms with van der Waals surface area (Å²) in [5.41, 5.74) is 1.43. The molecule has 0 aliphatic carbocycles. The van der Waals surface area contributed by atoms with Gasteiger partial charge in [0.05, 0.1) is 11.6 Å². The monoisotopic (exact) mass is 181 g/mol. The van der Waals surface area contributed by atoms with Crippen molar-refractivity contribution in [3.05, 3.63) is 47.5 Å². The lowest BCUT2D eigenvalue weighted by Gasteiger charge is -1.88. The highest BCUT2D eigenvalue weighted by Gasteiger charge is 1.87. The number of hydrogen-bond acceptors (Lipinski definition) is 2. The van der Waals surface area contributed by atoms with E-state index >= 15 is 0 Å². The molecule has 0 saturated heterocycles. The molecule has 0 aliphatic heterocycles. The van der Waals surface area contributed by atoms with Crippen LogP contribution in [0, 0.1) is 23.2 Å². The Hall–Kier alpha value is -2.32. The number of hydrogen-bond donors (Lipinski definition) is 0. The van der Waals surface area contributed by atoms with E-state index in [0.29, 0.717) is 11.8 Å². The lowest BCUT2D eigenvalue weighted by Crippen LogP contribution is -1.75. The number of benzene rings is 1. The molecule has 2 nitrogen and oxygen atoms in total. The van der Waals surface area contributed by atoms with Crippen LogP contribution in [-0.2, 0) is 4.79 Å². The minimum atomic E-state index is 0.610. The molecule has 1 aromatic rings. The average Bonchev–Trinajstić information content (AvgIpc) is 2.25. The van der Waals surface area contributed by atoms with Crippen LogP contribution < -0.4 is 0 Å². The Morgan fingerprint density at radius 2 is 1.79 bits per heavy atom. The molecule has 0 radical (unpaired) electrons. The first-order valence-corrected chi connectivity index (χ1v) is 3.99. The van der Waals surface area contributed by atoms with Crippen molar-refractivity contribution in [2.45, 2.75) is 0 Å². The molecule has 66 valence electrons. The number of aldehydes is 1. The molecule has 0 spiro atoms. The number of nitrogens with zero attached hydrogens (tertiary/aromatic N) is 1. The Kier molecular flexibility index (Phi) is 3.73. The van der Waals surface area contributed by atoms with Crippen molar-refractivity contribution < 1.29 is 4.79 Å². The van der Waals surface area contributed by atoms with Gasteiger partial charge in [-0.15, -0.1) is 0 Å². The van der Waals surface area contributed by atoms with Gasteiger partial charge in [-0.3, -0.25) is 4.79 Å². The van der Waals surface area contributed by atoms with Gasteiger partial charge in [0.2, 0.25) is 0 Å². The highest BCUT2D eigenvalue weighted by atomic mass is 16.1. The molecule has 1 aromatic carbocycles. The van der Waals surface area contributed by atoms with Gasteiger partial charge in [0.25, 0.3) is 0 Å². The van der Waals surface area contributed by atoms with E-state index in [1.807, 2.05) is 6.07 Å². The van der Waals surface area contributed by atoms with Crippen molar-refractivity contribution in [2.24, 2.45) is 0 Å². The molecular weight excluding hydrogens is 174 g/mol. The molecule has 1 rings (SSSR count). The second kappa shape index (κ2) is 5.35. The van der Waals surface area contributed by atoms with Crippen LogP contribution in [0.3, 0.4) is 0 Å². The maximum atomic E-state index is 9.91. The van der Waals surface area contributed by atoms with E-state index in [1.54, 1.807) is 24.3 Å². The minimum absolute atomic E-state index is 0.610. The second-order valence-corrected chi connectivity index (χ2v) is 2.45. The summed E-state index contributed by atoms with van der Waals surface area (Å²) >= 11 is 0. The molecule has 0 bridgehead atoms. The summed E-state index contributed by atoms with van der Waals surface area (Å²) in [7, 11) is 0. The number of nitriles is 1. The molecule has 14 heavy (non-hydrogen) atoms. The van der Waals surface area contributed by atoms with E-state index < -0.39 is 0 Å². The van der Waals surface area contributed by atoms with Crippen LogP contribution in [0.2, 0.25) is 0 Å². The molecule has 0 saturated carbocycles. The maximum absolute atomic E-state index is 9.91. The first kappa shape index (κ1) is 9.77. The third kappa shape index (κ3) is 2.97. The number of allylic oxidation sites excluding steroid dienone is 2. The summed E-state index contributed by atoms with van der Waals surface area (Å²) in [5.74, 6) is 5.52. The van der Waals surface area contributed by atoms with Crippen molar-refractivity contribution in [1.82, 2.24) is 0 Å². The summed E-state index contributed by atoms with van der Waals surface area (Å²) < 4.78 is 0. The summed E-state index contributed by atoms with van der Waals surface area (Å²) in [6.07, 6.45) is 3.48. The van der Waals surface area contributed by atoms with Crippen molar-refractivity contribution in [3.63, 3.8) is 0 Å². The van der Waals surface area contributed by atoms with E-state index in [9.17, 15) is 4.79 Å². The largest absolute Gasteiger partial charge is 0.299 e. The first-order valence-electron chi connectivity index (χ1n) is 3.99. The molecule has 0 N–H and O–H groups in total. The van der Waals surface area contributed by atoms with Gasteiger partial charge in [0, 0.05) is 5.56 Å². The third-order valence-corrected chi connectivity index (χ3v) is 1.49. The molecular formula is C12H7NO. The molecule has 0 amide bonds. The van der Waals surface area contributed by atoms with Crippen LogP contribution in [0.1, 0.15) is 11.1 Å². The van der Waals surface area contributed by atoms with Crippen molar-refractivity contribution in [3.8, 4) is 17.9 Å². The fraction of sp³-hybridized carbons (Fsp3) is 0. The van der Waals surface area contributed by atoms with Crippen LogP contribution in [0.15, 0.2) is 36.4 Å². The smallest absolute Gasteiger partial charge is 0.143 e. The van der Waals surface area contributed by atoms with Crippen LogP contribution in [0.5, 0.6) is 0 Å². The average molecular weight is 181 g/mol. The molecule has 0 aliphatic rings. The van der Waals surface area contributed by atoms with Crippen molar-refractivity contribution >= 4 is 6.29 Å². The summed E-state index contributed by atoms with van der Waals surface area (Å²) in [6.45, 7) is 0. The van der Waals surface area contributed by atoms with E-state index in [2.05, 4.69) is 11.8 Å².